The molecule has 6 nitrogen and oxygen atoms in total. The van der Waals surface area contributed by atoms with Crippen molar-refractivity contribution in [1.82, 2.24) is 15.0 Å². The zero-order chi connectivity index (χ0) is 18.3. The molecule has 0 radical (unpaired) electrons. The highest BCUT2D eigenvalue weighted by molar-refractivity contribution is 5.97. The highest BCUT2D eigenvalue weighted by Crippen LogP contribution is 2.28. The van der Waals surface area contributed by atoms with E-state index in [1.807, 2.05) is 50.2 Å². The maximum Gasteiger partial charge on any atom is 0.335 e. The first-order valence-corrected chi connectivity index (χ1v) is 8.22. The summed E-state index contributed by atoms with van der Waals surface area (Å²) in [6.07, 6.45) is 0. The number of aryl methyl sites for hydroxylation is 2. The summed E-state index contributed by atoms with van der Waals surface area (Å²) >= 11 is 0. The molecule has 1 aromatic heterocycles. The first kappa shape index (κ1) is 16.1. The minimum absolute atomic E-state index is 0.145. The Bertz CT molecular complexity index is 1150. The molecule has 0 aliphatic rings. The van der Waals surface area contributed by atoms with E-state index in [-0.39, 0.29) is 12.3 Å². The van der Waals surface area contributed by atoms with Gasteiger partial charge in [-0.3, -0.25) is 0 Å². The Labute approximate surface area is 149 Å². The number of carbonyl (C=O) groups is 1. The molecule has 6 heteroatoms. The summed E-state index contributed by atoms with van der Waals surface area (Å²) in [6, 6.07) is 14.7. The zero-order valence-electron chi connectivity index (χ0n) is 14.4. The van der Waals surface area contributed by atoms with E-state index in [2.05, 4.69) is 10.3 Å². The summed E-state index contributed by atoms with van der Waals surface area (Å²) in [7, 11) is 0. The Hall–Kier alpha value is -3.41. The summed E-state index contributed by atoms with van der Waals surface area (Å²) in [5.74, 6) is -0.481. The summed E-state index contributed by atoms with van der Waals surface area (Å²) in [5.41, 5.74) is 4.19. The molecule has 0 atom stereocenters. The van der Waals surface area contributed by atoms with E-state index in [0.29, 0.717) is 5.75 Å². The zero-order valence-corrected chi connectivity index (χ0v) is 14.4. The fourth-order valence-electron chi connectivity index (χ4n) is 2.97. The highest BCUT2D eigenvalue weighted by Gasteiger charge is 2.12. The van der Waals surface area contributed by atoms with E-state index >= 15 is 0 Å². The second-order valence-electron chi connectivity index (χ2n) is 6.29. The molecule has 3 aromatic carbocycles. The number of hydrogen-bond acceptors (Lipinski definition) is 4. The Kier molecular flexibility index (Phi) is 3.80. The molecule has 0 aliphatic heterocycles. The Balaban J connectivity index is 1.72. The van der Waals surface area contributed by atoms with Crippen LogP contribution < -0.4 is 4.74 Å². The first-order chi connectivity index (χ1) is 12.5. The van der Waals surface area contributed by atoms with Crippen LogP contribution in [0.3, 0.4) is 0 Å². The van der Waals surface area contributed by atoms with Crippen molar-refractivity contribution >= 4 is 27.8 Å². The number of benzene rings is 3. The number of aromatic carboxylic acids is 1. The Morgan fingerprint density at radius 3 is 2.69 bits per heavy atom. The molecule has 0 bridgehead atoms. The van der Waals surface area contributed by atoms with Gasteiger partial charge in [-0.15, -0.1) is 5.10 Å². The fourth-order valence-corrected chi connectivity index (χ4v) is 2.97. The predicted molar refractivity (Wildman–Crippen MR) is 98.5 cm³/mol. The third-order valence-electron chi connectivity index (χ3n) is 4.54. The van der Waals surface area contributed by atoms with Gasteiger partial charge < -0.3 is 9.84 Å². The number of nitrogens with zero attached hydrogens (tertiary/aromatic N) is 3. The number of carboxylic acid groups (broad SMARTS) is 1. The van der Waals surface area contributed by atoms with Crippen molar-refractivity contribution in [2.75, 3.05) is 0 Å². The van der Waals surface area contributed by atoms with Crippen molar-refractivity contribution < 1.29 is 14.6 Å². The Morgan fingerprint density at radius 2 is 1.88 bits per heavy atom. The Morgan fingerprint density at radius 1 is 1.12 bits per heavy atom. The van der Waals surface area contributed by atoms with Gasteiger partial charge in [-0.1, -0.05) is 29.5 Å². The van der Waals surface area contributed by atoms with E-state index in [0.717, 1.165) is 32.9 Å². The van der Waals surface area contributed by atoms with Crippen LogP contribution in [0.2, 0.25) is 0 Å². The minimum atomic E-state index is -0.988. The fraction of sp³-hybridized carbons (Fsp3) is 0.150. The summed E-state index contributed by atoms with van der Waals surface area (Å²) in [4.78, 5) is 11.4. The van der Waals surface area contributed by atoms with Crippen LogP contribution in [0.25, 0.3) is 21.8 Å². The number of hydrogen-bond donors (Lipinski definition) is 1. The number of fused-ring (bicyclic) bond motifs is 2. The summed E-state index contributed by atoms with van der Waals surface area (Å²) in [5, 5.41) is 19.3. The van der Waals surface area contributed by atoms with E-state index in [4.69, 9.17) is 4.74 Å². The van der Waals surface area contributed by atoms with Gasteiger partial charge in [0.25, 0.3) is 0 Å². The van der Waals surface area contributed by atoms with Crippen LogP contribution in [-0.4, -0.2) is 26.1 Å². The number of ether oxygens (including phenoxy) is 1. The number of aromatic nitrogens is 3. The summed E-state index contributed by atoms with van der Waals surface area (Å²) < 4.78 is 7.60. The van der Waals surface area contributed by atoms with Crippen molar-refractivity contribution in [3.63, 3.8) is 0 Å². The van der Waals surface area contributed by atoms with E-state index in [1.165, 1.54) is 0 Å². The number of rotatable bonds is 4. The lowest BCUT2D eigenvalue weighted by Crippen LogP contribution is -2.08. The van der Waals surface area contributed by atoms with Crippen molar-refractivity contribution in [3.8, 4) is 5.75 Å². The normalized spacial score (nSPS) is 11.2. The van der Waals surface area contributed by atoms with Crippen LogP contribution in [0.15, 0.2) is 48.5 Å². The van der Waals surface area contributed by atoms with Gasteiger partial charge in [0.15, 0.2) is 6.73 Å². The van der Waals surface area contributed by atoms with Crippen LogP contribution in [0.1, 0.15) is 21.5 Å². The van der Waals surface area contributed by atoms with Crippen LogP contribution in [0.4, 0.5) is 0 Å². The average molecular weight is 347 g/mol. The summed E-state index contributed by atoms with van der Waals surface area (Å²) in [6.45, 7) is 4.22. The smallest absolute Gasteiger partial charge is 0.335 e. The maximum absolute atomic E-state index is 11.4. The molecule has 4 aromatic rings. The monoisotopic (exact) mass is 347 g/mol. The average Bonchev–Trinajstić information content (AvgIpc) is 3.01. The molecule has 130 valence electrons. The molecule has 0 unspecified atom stereocenters. The highest BCUT2D eigenvalue weighted by atomic mass is 16.5. The van der Waals surface area contributed by atoms with Gasteiger partial charge in [0, 0.05) is 5.39 Å². The van der Waals surface area contributed by atoms with Crippen molar-refractivity contribution in [2.45, 2.75) is 20.6 Å². The van der Waals surface area contributed by atoms with E-state index in [1.54, 1.807) is 16.8 Å². The topological polar surface area (TPSA) is 77.2 Å². The predicted octanol–water partition coefficient (Wildman–Crippen LogP) is 3.94. The SMILES string of the molecule is Cc1cc2nnn(COc3cc(C(=O)O)cc4ccccc34)c2cc1C. The first-order valence-electron chi connectivity index (χ1n) is 8.22. The maximum atomic E-state index is 11.4. The van der Waals surface area contributed by atoms with Crippen molar-refractivity contribution in [3.05, 3.63) is 65.2 Å². The molecule has 26 heavy (non-hydrogen) atoms. The van der Waals surface area contributed by atoms with Gasteiger partial charge in [-0.2, -0.15) is 0 Å². The lowest BCUT2D eigenvalue weighted by Gasteiger charge is -2.11. The molecule has 1 heterocycles. The standard InChI is InChI=1S/C20H17N3O3/c1-12-7-17-18(8-13(12)2)23(22-21-17)11-26-19-10-15(20(24)25)9-14-5-3-4-6-16(14)19/h3-10H,11H2,1-2H3,(H,24,25). The molecule has 4 rings (SSSR count). The second-order valence-corrected chi connectivity index (χ2v) is 6.29. The second kappa shape index (κ2) is 6.15. The van der Waals surface area contributed by atoms with Crippen molar-refractivity contribution in [1.29, 1.82) is 0 Å². The van der Waals surface area contributed by atoms with Gasteiger partial charge in [-0.25, -0.2) is 9.48 Å². The third kappa shape index (κ3) is 2.75. The van der Waals surface area contributed by atoms with Crippen LogP contribution in [0, 0.1) is 13.8 Å². The lowest BCUT2D eigenvalue weighted by molar-refractivity contribution is 0.0696. The number of carboxylic acids is 1. The van der Waals surface area contributed by atoms with Crippen molar-refractivity contribution in [2.24, 2.45) is 0 Å². The molecule has 0 saturated carbocycles. The molecule has 0 spiro atoms. The van der Waals surface area contributed by atoms with Crippen LogP contribution >= 0.6 is 0 Å². The molecule has 0 fully saturated rings. The lowest BCUT2D eigenvalue weighted by atomic mass is 10.1. The van der Waals surface area contributed by atoms with Gasteiger partial charge in [0.05, 0.1) is 11.1 Å². The van der Waals surface area contributed by atoms with E-state index < -0.39 is 5.97 Å². The molecule has 0 aliphatic carbocycles. The quantitative estimate of drug-likeness (QED) is 0.605. The van der Waals surface area contributed by atoms with Gasteiger partial charge in [-0.05, 0) is 54.6 Å². The minimum Gasteiger partial charge on any atom is -0.478 e. The van der Waals surface area contributed by atoms with Gasteiger partial charge in [0.1, 0.15) is 11.3 Å². The van der Waals surface area contributed by atoms with Crippen LogP contribution in [0.5, 0.6) is 5.75 Å². The van der Waals surface area contributed by atoms with Crippen LogP contribution in [-0.2, 0) is 6.73 Å². The van der Waals surface area contributed by atoms with Gasteiger partial charge in [0.2, 0.25) is 0 Å². The molecule has 0 amide bonds. The van der Waals surface area contributed by atoms with E-state index in [9.17, 15) is 9.90 Å². The molecule has 1 N–H and O–H groups in total. The largest absolute Gasteiger partial charge is 0.478 e. The molecular formula is C20H17N3O3. The third-order valence-corrected chi connectivity index (χ3v) is 4.54. The van der Waals surface area contributed by atoms with Gasteiger partial charge >= 0.3 is 5.97 Å². The molecular weight excluding hydrogens is 330 g/mol. The molecule has 0 saturated heterocycles.